The standard InChI is InChI=1S/C13H19N3O2/c1-2-11(14)13(18)16-9-12(17)15-8-10-6-4-3-5-7-10/h3-7,11H,2,8-9,14H2,1H3,(H,15,17)(H,16,18). The van der Waals surface area contributed by atoms with Crippen LogP contribution >= 0.6 is 0 Å². The second-order valence-corrected chi connectivity index (χ2v) is 3.99. The molecule has 4 N–H and O–H groups in total. The summed E-state index contributed by atoms with van der Waals surface area (Å²) in [6.07, 6.45) is 0.553. The molecule has 0 spiro atoms. The Balaban J connectivity index is 2.24. The second-order valence-electron chi connectivity index (χ2n) is 3.99. The highest BCUT2D eigenvalue weighted by Crippen LogP contribution is 1.96. The predicted octanol–water partition coefficient (Wildman–Crippen LogP) is 0.156. The summed E-state index contributed by atoms with van der Waals surface area (Å²) in [6, 6.07) is 9.02. The molecule has 1 atom stereocenters. The number of nitrogens with two attached hydrogens (primary N) is 1. The van der Waals surface area contributed by atoms with Crippen LogP contribution in [0.1, 0.15) is 18.9 Å². The van der Waals surface area contributed by atoms with E-state index in [1.54, 1.807) is 0 Å². The average molecular weight is 249 g/mol. The van der Waals surface area contributed by atoms with Crippen LogP contribution in [0.15, 0.2) is 30.3 Å². The van der Waals surface area contributed by atoms with Crippen molar-refractivity contribution in [3.8, 4) is 0 Å². The normalized spacial score (nSPS) is 11.7. The Morgan fingerprint density at radius 3 is 2.50 bits per heavy atom. The number of hydrogen-bond donors (Lipinski definition) is 3. The largest absolute Gasteiger partial charge is 0.350 e. The Labute approximate surface area is 107 Å². The Bertz CT molecular complexity index is 392. The van der Waals surface area contributed by atoms with Gasteiger partial charge < -0.3 is 16.4 Å². The number of amides is 2. The Morgan fingerprint density at radius 2 is 1.89 bits per heavy atom. The van der Waals surface area contributed by atoms with Crippen LogP contribution in [-0.2, 0) is 16.1 Å². The Kier molecular flexibility index (Phi) is 5.87. The fourth-order valence-electron chi connectivity index (χ4n) is 1.34. The molecule has 1 aromatic carbocycles. The molecule has 1 rings (SSSR count). The molecule has 0 heterocycles. The first kappa shape index (κ1) is 14.2. The monoisotopic (exact) mass is 249 g/mol. The van der Waals surface area contributed by atoms with E-state index in [1.165, 1.54) is 0 Å². The summed E-state index contributed by atoms with van der Waals surface area (Å²) < 4.78 is 0. The molecule has 0 aliphatic heterocycles. The van der Waals surface area contributed by atoms with E-state index in [-0.39, 0.29) is 18.4 Å². The van der Waals surface area contributed by atoms with Gasteiger partial charge in [-0.15, -0.1) is 0 Å². The molecule has 0 aliphatic carbocycles. The number of nitrogens with one attached hydrogen (secondary N) is 2. The van der Waals surface area contributed by atoms with Crippen molar-refractivity contribution in [1.29, 1.82) is 0 Å². The van der Waals surface area contributed by atoms with Gasteiger partial charge in [0.2, 0.25) is 11.8 Å². The van der Waals surface area contributed by atoms with Crippen LogP contribution in [0.4, 0.5) is 0 Å². The molecule has 1 unspecified atom stereocenters. The maximum absolute atomic E-state index is 11.5. The molecule has 18 heavy (non-hydrogen) atoms. The maximum Gasteiger partial charge on any atom is 0.239 e. The average Bonchev–Trinajstić information content (AvgIpc) is 2.42. The van der Waals surface area contributed by atoms with Gasteiger partial charge in [-0.2, -0.15) is 0 Å². The van der Waals surface area contributed by atoms with Crippen molar-refractivity contribution in [3.05, 3.63) is 35.9 Å². The lowest BCUT2D eigenvalue weighted by Crippen LogP contribution is -2.44. The highest BCUT2D eigenvalue weighted by Gasteiger charge is 2.11. The van der Waals surface area contributed by atoms with Gasteiger partial charge in [0.25, 0.3) is 0 Å². The zero-order chi connectivity index (χ0) is 13.4. The number of benzene rings is 1. The van der Waals surface area contributed by atoms with Crippen molar-refractivity contribution in [2.45, 2.75) is 25.9 Å². The zero-order valence-corrected chi connectivity index (χ0v) is 10.5. The Hall–Kier alpha value is -1.88. The first-order valence-electron chi connectivity index (χ1n) is 5.97. The van der Waals surface area contributed by atoms with Gasteiger partial charge in [0.1, 0.15) is 0 Å². The van der Waals surface area contributed by atoms with Crippen LogP contribution in [0, 0.1) is 0 Å². The van der Waals surface area contributed by atoms with E-state index in [4.69, 9.17) is 5.73 Å². The molecule has 5 heteroatoms. The van der Waals surface area contributed by atoms with E-state index in [0.717, 1.165) is 5.56 Å². The lowest BCUT2D eigenvalue weighted by atomic mass is 10.2. The summed E-state index contributed by atoms with van der Waals surface area (Å²) in [4.78, 5) is 22.8. The van der Waals surface area contributed by atoms with Crippen LogP contribution < -0.4 is 16.4 Å². The van der Waals surface area contributed by atoms with Crippen LogP contribution in [0.5, 0.6) is 0 Å². The fraction of sp³-hybridized carbons (Fsp3) is 0.385. The van der Waals surface area contributed by atoms with E-state index < -0.39 is 6.04 Å². The third-order valence-corrected chi connectivity index (χ3v) is 2.53. The van der Waals surface area contributed by atoms with E-state index >= 15 is 0 Å². The molecule has 0 fully saturated rings. The molecule has 98 valence electrons. The highest BCUT2D eigenvalue weighted by molar-refractivity contribution is 5.87. The van der Waals surface area contributed by atoms with Crippen molar-refractivity contribution < 1.29 is 9.59 Å². The molecular formula is C13H19N3O2. The van der Waals surface area contributed by atoms with Gasteiger partial charge in [-0.3, -0.25) is 9.59 Å². The van der Waals surface area contributed by atoms with Gasteiger partial charge in [-0.05, 0) is 12.0 Å². The van der Waals surface area contributed by atoms with E-state index in [0.29, 0.717) is 13.0 Å². The van der Waals surface area contributed by atoms with Crippen molar-refractivity contribution >= 4 is 11.8 Å². The first-order valence-corrected chi connectivity index (χ1v) is 5.97. The summed E-state index contributed by atoms with van der Waals surface area (Å²) in [5.74, 6) is -0.525. The van der Waals surface area contributed by atoms with Gasteiger partial charge in [-0.25, -0.2) is 0 Å². The van der Waals surface area contributed by atoms with Crippen LogP contribution in [-0.4, -0.2) is 24.4 Å². The molecule has 2 amide bonds. The van der Waals surface area contributed by atoms with Gasteiger partial charge in [0, 0.05) is 6.54 Å². The van der Waals surface area contributed by atoms with Crippen molar-refractivity contribution in [2.24, 2.45) is 5.73 Å². The van der Waals surface area contributed by atoms with Crippen molar-refractivity contribution in [2.75, 3.05) is 6.54 Å². The van der Waals surface area contributed by atoms with E-state index in [1.807, 2.05) is 37.3 Å². The smallest absolute Gasteiger partial charge is 0.239 e. The summed E-state index contributed by atoms with van der Waals surface area (Å²) in [7, 11) is 0. The van der Waals surface area contributed by atoms with Crippen molar-refractivity contribution in [1.82, 2.24) is 10.6 Å². The minimum absolute atomic E-state index is 0.0423. The molecule has 0 aromatic heterocycles. The Morgan fingerprint density at radius 1 is 1.22 bits per heavy atom. The lowest BCUT2D eigenvalue weighted by Gasteiger charge is -2.10. The number of carbonyl (C=O) groups is 2. The summed E-state index contributed by atoms with van der Waals surface area (Å²) in [6.45, 7) is 2.23. The van der Waals surface area contributed by atoms with Crippen molar-refractivity contribution in [3.63, 3.8) is 0 Å². The minimum Gasteiger partial charge on any atom is -0.350 e. The summed E-state index contributed by atoms with van der Waals surface area (Å²) in [5.41, 5.74) is 6.54. The summed E-state index contributed by atoms with van der Waals surface area (Å²) >= 11 is 0. The topological polar surface area (TPSA) is 84.2 Å². The first-order chi connectivity index (χ1) is 8.63. The maximum atomic E-state index is 11.5. The molecule has 0 bridgehead atoms. The van der Waals surface area contributed by atoms with Crippen LogP contribution in [0.3, 0.4) is 0 Å². The zero-order valence-electron chi connectivity index (χ0n) is 10.5. The van der Waals surface area contributed by atoms with Crippen LogP contribution in [0.2, 0.25) is 0 Å². The molecule has 0 saturated carbocycles. The number of hydrogen-bond acceptors (Lipinski definition) is 3. The highest BCUT2D eigenvalue weighted by atomic mass is 16.2. The molecular weight excluding hydrogens is 230 g/mol. The van der Waals surface area contributed by atoms with Gasteiger partial charge in [0.05, 0.1) is 12.6 Å². The van der Waals surface area contributed by atoms with Gasteiger partial charge in [-0.1, -0.05) is 37.3 Å². The third kappa shape index (κ3) is 4.97. The molecule has 1 aromatic rings. The van der Waals surface area contributed by atoms with Gasteiger partial charge in [0.15, 0.2) is 0 Å². The quantitative estimate of drug-likeness (QED) is 0.671. The lowest BCUT2D eigenvalue weighted by molar-refractivity contribution is -0.126. The van der Waals surface area contributed by atoms with E-state index in [9.17, 15) is 9.59 Å². The third-order valence-electron chi connectivity index (χ3n) is 2.53. The fourth-order valence-corrected chi connectivity index (χ4v) is 1.34. The molecule has 0 aliphatic rings. The molecule has 0 saturated heterocycles. The van der Waals surface area contributed by atoms with Gasteiger partial charge >= 0.3 is 0 Å². The SMILES string of the molecule is CCC(N)C(=O)NCC(=O)NCc1ccccc1. The van der Waals surface area contributed by atoms with Crippen LogP contribution in [0.25, 0.3) is 0 Å². The summed E-state index contributed by atoms with van der Waals surface area (Å²) in [5, 5.41) is 5.21. The second kappa shape index (κ2) is 7.45. The molecule has 0 radical (unpaired) electrons. The minimum atomic E-state index is -0.549. The number of carbonyl (C=O) groups excluding carboxylic acids is 2. The molecule has 5 nitrogen and oxygen atoms in total. The number of rotatable bonds is 6. The van der Waals surface area contributed by atoms with E-state index in [2.05, 4.69) is 10.6 Å². The predicted molar refractivity (Wildman–Crippen MR) is 69.6 cm³/mol.